The van der Waals surface area contributed by atoms with E-state index in [4.69, 9.17) is 9.47 Å². The Labute approximate surface area is 85.2 Å². The molecule has 1 heterocycles. The molecule has 0 radical (unpaired) electrons. The van der Waals surface area contributed by atoms with Crippen molar-refractivity contribution >= 4 is 11.7 Å². The second kappa shape index (κ2) is 3.41. The molecule has 0 aliphatic carbocycles. The first-order valence-corrected chi connectivity index (χ1v) is 4.19. The second-order valence-corrected chi connectivity index (χ2v) is 2.97. The molecule has 2 rings (SSSR count). The van der Waals surface area contributed by atoms with Crippen LogP contribution in [0, 0.1) is 0 Å². The molecular weight excluding hydrogens is 202 g/mol. The third-order valence-electron chi connectivity index (χ3n) is 2.07. The van der Waals surface area contributed by atoms with E-state index in [0.29, 0.717) is 10.8 Å². The number of rotatable bonds is 1. The van der Waals surface area contributed by atoms with Crippen molar-refractivity contribution in [1.29, 1.82) is 0 Å². The quantitative estimate of drug-likeness (QED) is 0.507. The Morgan fingerprint density at radius 1 is 1.53 bits per heavy atom. The van der Waals surface area contributed by atoms with Crippen LogP contribution in [0.1, 0.15) is 0 Å². The summed E-state index contributed by atoms with van der Waals surface area (Å²) in [5, 5.41) is 19.0. The topological polar surface area (TPSA) is 79.2 Å². The number of ether oxygens (including phenoxy) is 2. The molecule has 0 bridgehead atoms. The van der Waals surface area contributed by atoms with Crippen molar-refractivity contribution in [2.45, 2.75) is 6.23 Å². The number of nitrogens with zero attached hydrogens (tertiary/aromatic N) is 1. The van der Waals surface area contributed by atoms with Gasteiger partial charge in [-0.3, -0.25) is 5.21 Å². The summed E-state index contributed by atoms with van der Waals surface area (Å²) in [6.07, 6.45) is -1.69. The fourth-order valence-corrected chi connectivity index (χ4v) is 1.29. The summed E-state index contributed by atoms with van der Waals surface area (Å²) in [5.41, 5.74) is 0.211. The van der Waals surface area contributed by atoms with Gasteiger partial charge >= 0.3 is 5.97 Å². The molecule has 0 aromatic heterocycles. The van der Waals surface area contributed by atoms with Gasteiger partial charge in [0, 0.05) is 6.07 Å². The fourth-order valence-electron chi connectivity index (χ4n) is 1.29. The fraction of sp³-hybridized carbons (Fsp3) is 0.222. The molecule has 1 aromatic rings. The molecule has 15 heavy (non-hydrogen) atoms. The van der Waals surface area contributed by atoms with Crippen LogP contribution in [0.15, 0.2) is 18.2 Å². The van der Waals surface area contributed by atoms with E-state index in [-0.39, 0.29) is 11.4 Å². The molecule has 0 fully saturated rings. The van der Waals surface area contributed by atoms with Crippen LogP contribution in [0.4, 0.5) is 5.69 Å². The number of aliphatic hydroxyl groups is 1. The maximum atomic E-state index is 11.1. The van der Waals surface area contributed by atoms with E-state index in [9.17, 15) is 15.1 Å². The number of fused-ring (bicyclic) bond motifs is 1. The zero-order valence-electron chi connectivity index (χ0n) is 7.88. The molecular formula is C9H9NO5. The summed E-state index contributed by atoms with van der Waals surface area (Å²) in [6, 6.07) is 4.50. The van der Waals surface area contributed by atoms with Gasteiger partial charge in [-0.15, -0.1) is 0 Å². The van der Waals surface area contributed by atoms with Crippen molar-refractivity contribution in [2.75, 3.05) is 12.2 Å². The minimum atomic E-state index is -1.69. The monoisotopic (exact) mass is 211 g/mol. The lowest BCUT2D eigenvalue weighted by Crippen LogP contribution is -2.44. The highest BCUT2D eigenvalue weighted by Gasteiger charge is 2.32. The van der Waals surface area contributed by atoms with Crippen molar-refractivity contribution < 1.29 is 24.6 Å². The molecule has 1 aromatic carbocycles. The van der Waals surface area contributed by atoms with Gasteiger partial charge in [0.05, 0.1) is 7.11 Å². The summed E-state index contributed by atoms with van der Waals surface area (Å²) in [4.78, 5) is 11.1. The minimum Gasteiger partial charge on any atom is -0.497 e. The van der Waals surface area contributed by atoms with Crippen molar-refractivity contribution in [1.82, 2.24) is 0 Å². The van der Waals surface area contributed by atoms with Crippen LogP contribution in [0.3, 0.4) is 0 Å². The van der Waals surface area contributed by atoms with E-state index < -0.39 is 12.2 Å². The molecule has 1 unspecified atom stereocenters. The maximum absolute atomic E-state index is 11.1. The molecule has 6 nitrogen and oxygen atoms in total. The molecule has 6 heteroatoms. The highest BCUT2D eigenvalue weighted by atomic mass is 16.6. The van der Waals surface area contributed by atoms with Gasteiger partial charge in [-0.2, -0.15) is 0 Å². The number of hydrogen-bond donors (Lipinski definition) is 2. The average Bonchev–Trinajstić information content (AvgIpc) is 2.25. The average molecular weight is 211 g/mol. The van der Waals surface area contributed by atoms with Gasteiger partial charge in [-0.1, -0.05) is 0 Å². The lowest BCUT2D eigenvalue weighted by Gasteiger charge is -2.28. The number of aliphatic hydroxyl groups excluding tert-OH is 1. The third-order valence-corrected chi connectivity index (χ3v) is 2.07. The van der Waals surface area contributed by atoms with Gasteiger partial charge in [0.1, 0.15) is 11.4 Å². The zero-order valence-corrected chi connectivity index (χ0v) is 7.88. The largest absolute Gasteiger partial charge is 0.497 e. The molecule has 0 saturated heterocycles. The minimum absolute atomic E-state index is 0.146. The number of methoxy groups -OCH3 is 1. The Balaban J connectivity index is 2.45. The molecule has 1 aliphatic heterocycles. The van der Waals surface area contributed by atoms with E-state index >= 15 is 0 Å². The first kappa shape index (κ1) is 9.75. The number of hydrogen-bond acceptors (Lipinski definition) is 6. The van der Waals surface area contributed by atoms with E-state index in [1.54, 1.807) is 6.07 Å². The zero-order chi connectivity index (χ0) is 11.0. The van der Waals surface area contributed by atoms with Crippen LogP contribution in [-0.2, 0) is 4.79 Å². The number of benzene rings is 1. The van der Waals surface area contributed by atoms with Crippen LogP contribution in [0.5, 0.6) is 11.5 Å². The van der Waals surface area contributed by atoms with E-state index in [0.717, 1.165) is 0 Å². The van der Waals surface area contributed by atoms with Gasteiger partial charge in [0.25, 0.3) is 6.23 Å². The molecule has 0 saturated carbocycles. The Bertz CT molecular complexity index is 405. The molecule has 1 aliphatic rings. The van der Waals surface area contributed by atoms with Crippen molar-refractivity contribution in [3.05, 3.63) is 18.2 Å². The van der Waals surface area contributed by atoms with Crippen LogP contribution >= 0.6 is 0 Å². The first-order valence-electron chi connectivity index (χ1n) is 4.19. The number of anilines is 1. The smallest absolute Gasteiger partial charge is 0.364 e. The van der Waals surface area contributed by atoms with Gasteiger partial charge < -0.3 is 14.6 Å². The summed E-state index contributed by atoms with van der Waals surface area (Å²) in [5.74, 6) is -0.295. The van der Waals surface area contributed by atoms with Crippen molar-refractivity contribution in [3.63, 3.8) is 0 Å². The normalized spacial score (nSPS) is 19.5. The van der Waals surface area contributed by atoms with Gasteiger partial charge in [0.15, 0.2) is 5.75 Å². The highest BCUT2D eigenvalue weighted by molar-refractivity contribution is 5.85. The lowest BCUT2D eigenvalue weighted by molar-refractivity contribution is -0.148. The summed E-state index contributed by atoms with van der Waals surface area (Å²) in [6.45, 7) is 0. The summed E-state index contributed by atoms with van der Waals surface area (Å²) < 4.78 is 9.71. The summed E-state index contributed by atoms with van der Waals surface area (Å²) in [7, 11) is 1.47. The Hall–Kier alpha value is -1.79. The number of esters is 1. The second-order valence-electron chi connectivity index (χ2n) is 2.97. The van der Waals surface area contributed by atoms with E-state index in [1.165, 1.54) is 19.2 Å². The highest BCUT2D eigenvalue weighted by Crippen LogP contribution is 2.35. The van der Waals surface area contributed by atoms with Crippen LogP contribution in [-0.4, -0.2) is 29.6 Å². The SMILES string of the molecule is COc1ccc2c(c1)OC(=O)C(O)N2O. The molecule has 1 atom stereocenters. The van der Waals surface area contributed by atoms with Crippen LogP contribution in [0.25, 0.3) is 0 Å². The Kier molecular flexibility index (Phi) is 2.22. The van der Waals surface area contributed by atoms with Crippen LogP contribution < -0.4 is 14.5 Å². The number of hydroxylamine groups is 1. The summed E-state index contributed by atoms with van der Waals surface area (Å²) >= 11 is 0. The standard InChI is InChI=1S/C9H9NO5/c1-14-5-2-3-6-7(4-5)15-9(12)8(11)10(6)13/h2-4,8,11,13H,1H3. The van der Waals surface area contributed by atoms with E-state index in [2.05, 4.69) is 0 Å². The predicted molar refractivity (Wildman–Crippen MR) is 48.9 cm³/mol. The molecule has 0 spiro atoms. The van der Waals surface area contributed by atoms with Gasteiger partial charge in [0.2, 0.25) is 0 Å². The van der Waals surface area contributed by atoms with Crippen molar-refractivity contribution in [2.24, 2.45) is 0 Å². The third kappa shape index (κ3) is 1.49. The van der Waals surface area contributed by atoms with Crippen molar-refractivity contribution in [3.8, 4) is 11.5 Å². The predicted octanol–water partition coefficient (Wildman–Crippen LogP) is 0.128. The number of carbonyl (C=O) groups excluding carboxylic acids is 1. The lowest BCUT2D eigenvalue weighted by atomic mass is 10.2. The van der Waals surface area contributed by atoms with Gasteiger partial charge in [-0.05, 0) is 12.1 Å². The van der Waals surface area contributed by atoms with E-state index in [1.807, 2.05) is 0 Å². The molecule has 0 amide bonds. The Morgan fingerprint density at radius 2 is 2.27 bits per heavy atom. The maximum Gasteiger partial charge on any atom is 0.364 e. The molecule has 2 N–H and O–H groups in total. The first-order chi connectivity index (χ1) is 7.13. The molecule has 80 valence electrons. The van der Waals surface area contributed by atoms with Gasteiger partial charge in [-0.25, -0.2) is 9.86 Å². The Morgan fingerprint density at radius 3 is 2.93 bits per heavy atom. The number of carbonyl (C=O) groups is 1. The van der Waals surface area contributed by atoms with Crippen LogP contribution in [0.2, 0.25) is 0 Å².